The van der Waals surface area contributed by atoms with E-state index >= 15 is 0 Å². The van der Waals surface area contributed by atoms with Gasteiger partial charge in [0.15, 0.2) is 6.61 Å². The van der Waals surface area contributed by atoms with Gasteiger partial charge in [-0.05, 0) is 37.2 Å². The molecule has 1 rings (SSSR count). The van der Waals surface area contributed by atoms with Crippen molar-refractivity contribution in [2.75, 3.05) is 18.5 Å². The Morgan fingerprint density at radius 3 is 2.71 bits per heavy atom. The lowest BCUT2D eigenvalue weighted by Crippen LogP contribution is -2.13. The molecular weight excluding hydrogens is 218 g/mol. The number of nitrogens with two attached hydrogens (primary N) is 1. The number of hydrogen-bond acceptors (Lipinski definition) is 4. The van der Waals surface area contributed by atoms with Crippen LogP contribution in [0.1, 0.15) is 12.8 Å². The van der Waals surface area contributed by atoms with E-state index in [2.05, 4.69) is 5.32 Å². The summed E-state index contributed by atoms with van der Waals surface area (Å²) in [4.78, 5) is 11.4. The number of rotatable bonds is 6. The smallest absolute Gasteiger partial charge is 0.224 e. The molecule has 1 aromatic carbocycles. The van der Waals surface area contributed by atoms with Gasteiger partial charge < -0.3 is 15.8 Å². The number of ether oxygens (including phenoxy) is 1. The lowest BCUT2D eigenvalue weighted by Gasteiger charge is -2.06. The molecule has 5 heteroatoms. The highest BCUT2D eigenvalue weighted by Crippen LogP contribution is 2.15. The molecular formula is C12H15N3O2. The van der Waals surface area contributed by atoms with E-state index in [1.54, 1.807) is 24.3 Å². The molecule has 0 saturated heterocycles. The van der Waals surface area contributed by atoms with Crippen LogP contribution in [0.4, 0.5) is 5.69 Å². The third kappa shape index (κ3) is 5.00. The molecule has 0 aromatic heterocycles. The second kappa shape index (κ2) is 7.25. The van der Waals surface area contributed by atoms with Gasteiger partial charge in [-0.1, -0.05) is 0 Å². The van der Waals surface area contributed by atoms with Crippen LogP contribution >= 0.6 is 0 Å². The van der Waals surface area contributed by atoms with Crippen LogP contribution in [0, 0.1) is 11.3 Å². The summed E-state index contributed by atoms with van der Waals surface area (Å²) in [7, 11) is 0. The first kappa shape index (κ1) is 13.0. The first-order chi connectivity index (χ1) is 8.26. The summed E-state index contributed by atoms with van der Waals surface area (Å²) in [5.74, 6) is 0.549. The average Bonchev–Trinajstić information content (AvgIpc) is 2.35. The number of nitrogens with zero attached hydrogens (tertiary/aromatic N) is 1. The Balaban J connectivity index is 2.45. The van der Waals surface area contributed by atoms with Crippen molar-refractivity contribution in [2.45, 2.75) is 12.8 Å². The molecule has 17 heavy (non-hydrogen) atoms. The van der Waals surface area contributed by atoms with Crippen LogP contribution in [0.25, 0.3) is 0 Å². The maximum absolute atomic E-state index is 11.4. The van der Waals surface area contributed by atoms with E-state index < -0.39 is 0 Å². The van der Waals surface area contributed by atoms with Crippen LogP contribution in [-0.4, -0.2) is 19.1 Å². The zero-order chi connectivity index (χ0) is 12.5. The standard InChI is InChI=1S/C12H15N3O2/c13-7-1-2-12(16)15-10-3-5-11(6-4-10)17-9-8-14/h3-6H,1-2,7,9,13H2,(H,15,16). The summed E-state index contributed by atoms with van der Waals surface area (Å²) in [5, 5.41) is 11.1. The van der Waals surface area contributed by atoms with Crippen LogP contribution in [0.5, 0.6) is 5.75 Å². The Hall–Kier alpha value is -2.06. The summed E-state index contributed by atoms with van der Waals surface area (Å²) >= 11 is 0. The number of carbonyl (C=O) groups is 1. The first-order valence-electron chi connectivity index (χ1n) is 5.36. The fraction of sp³-hybridized carbons (Fsp3) is 0.333. The monoisotopic (exact) mass is 233 g/mol. The Labute approximate surface area is 100 Å². The summed E-state index contributed by atoms with van der Waals surface area (Å²) < 4.78 is 5.09. The molecule has 90 valence electrons. The third-order valence-electron chi connectivity index (χ3n) is 2.05. The molecule has 0 aliphatic rings. The van der Waals surface area contributed by atoms with Crippen molar-refractivity contribution in [1.29, 1.82) is 5.26 Å². The van der Waals surface area contributed by atoms with Gasteiger partial charge in [-0.2, -0.15) is 5.26 Å². The maximum Gasteiger partial charge on any atom is 0.224 e. The van der Waals surface area contributed by atoms with Gasteiger partial charge in [-0.3, -0.25) is 4.79 Å². The number of carbonyl (C=O) groups excluding carboxylic acids is 1. The molecule has 1 amide bonds. The fourth-order valence-electron chi connectivity index (χ4n) is 1.24. The highest BCUT2D eigenvalue weighted by atomic mass is 16.5. The van der Waals surface area contributed by atoms with Crippen LogP contribution in [0.3, 0.4) is 0 Å². The van der Waals surface area contributed by atoms with E-state index in [9.17, 15) is 4.79 Å². The lowest BCUT2D eigenvalue weighted by molar-refractivity contribution is -0.116. The van der Waals surface area contributed by atoms with Gasteiger partial charge in [0.2, 0.25) is 5.91 Å². The molecule has 0 unspecified atom stereocenters. The van der Waals surface area contributed by atoms with E-state index in [1.165, 1.54) is 0 Å². The quantitative estimate of drug-likeness (QED) is 0.774. The second-order valence-corrected chi connectivity index (χ2v) is 3.41. The normalized spacial score (nSPS) is 9.41. The summed E-state index contributed by atoms with van der Waals surface area (Å²) in [6.07, 6.45) is 1.10. The molecule has 0 aliphatic heterocycles. The van der Waals surface area contributed by atoms with Gasteiger partial charge in [0.1, 0.15) is 11.8 Å². The SMILES string of the molecule is N#CCOc1ccc(NC(=O)CCCN)cc1. The molecule has 0 aliphatic carbocycles. The minimum Gasteiger partial charge on any atom is -0.479 e. The molecule has 0 spiro atoms. The number of benzene rings is 1. The topological polar surface area (TPSA) is 88.1 Å². The number of amides is 1. The molecule has 0 bridgehead atoms. The Bertz CT molecular complexity index is 395. The molecule has 0 atom stereocenters. The number of anilines is 1. The molecule has 0 saturated carbocycles. The van der Waals surface area contributed by atoms with E-state index in [-0.39, 0.29) is 12.5 Å². The van der Waals surface area contributed by atoms with Gasteiger partial charge in [0, 0.05) is 12.1 Å². The van der Waals surface area contributed by atoms with E-state index in [1.807, 2.05) is 6.07 Å². The summed E-state index contributed by atoms with van der Waals surface area (Å²) in [6.45, 7) is 0.524. The van der Waals surface area contributed by atoms with Crippen molar-refractivity contribution in [1.82, 2.24) is 0 Å². The van der Waals surface area contributed by atoms with Gasteiger partial charge in [0.25, 0.3) is 0 Å². The van der Waals surface area contributed by atoms with Gasteiger partial charge in [0.05, 0.1) is 0 Å². The van der Waals surface area contributed by atoms with Gasteiger partial charge in [-0.25, -0.2) is 0 Å². The van der Waals surface area contributed by atoms with Crippen molar-refractivity contribution >= 4 is 11.6 Å². The van der Waals surface area contributed by atoms with Crippen molar-refractivity contribution in [3.05, 3.63) is 24.3 Å². The van der Waals surface area contributed by atoms with E-state index in [0.29, 0.717) is 30.8 Å². The fourth-order valence-corrected chi connectivity index (χ4v) is 1.24. The Morgan fingerprint density at radius 1 is 1.41 bits per heavy atom. The second-order valence-electron chi connectivity index (χ2n) is 3.41. The van der Waals surface area contributed by atoms with Gasteiger partial charge in [-0.15, -0.1) is 0 Å². The molecule has 0 heterocycles. The third-order valence-corrected chi connectivity index (χ3v) is 2.05. The minimum absolute atomic E-state index is 0.0161. The van der Waals surface area contributed by atoms with Crippen molar-refractivity contribution in [2.24, 2.45) is 5.73 Å². The average molecular weight is 233 g/mol. The van der Waals surface area contributed by atoms with Gasteiger partial charge >= 0.3 is 0 Å². The van der Waals surface area contributed by atoms with E-state index in [0.717, 1.165) is 0 Å². The van der Waals surface area contributed by atoms with Crippen molar-refractivity contribution in [3.8, 4) is 11.8 Å². The number of nitrogens with one attached hydrogen (secondary N) is 1. The van der Waals surface area contributed by atoms with Crippen LogP contribution in [0.2, 0.25) is 0 Å². The first-order valence-corrected chi connectivity index (χ1v) is 5.36. The molecule has 1 aromatic rings. The largest absolute Gasteiger partial charge is 0.479 e. The molecule has 0 fully saturated rings. The zero-order valence-electron chi connectivity index (χ0n) is 9.48. The minimum atomic E-state index is -0.0545. The Morgan fingerprint density at radius 2 is 2.12 bits per heavy atom. The maximum atomic E-state index is 11.4. The lowest BCUT2D eigenvalue weighted by atomic mass is 10.2. The summed E-state index contributed by atoms with van der Waals surface area (Å²) in [6, 6.07) is 8.75. The highest BCUT2D eigenvalue weighted by molar-refractivity contribution is 5.90. The predicted octanol–water partition coefficient (Wildman–Crippen LogP) is 1.27. The van der Waals surface area contributed by atoms with Crippen LogP contribution < -0.4 is 15.8 Å². The Kier molecular flexibility index (Phi) is 5.55. The van der Waals surface area contributed by atoms with E-state index in [4.69, 9.17) is 15.7 Å². The van der Waals surface area contributed by atoms with Crippen molar-refractivity contribution in [3.63, 3.8) is 0 Å². The predicted molar refractivity (Wildman–Crippen MR) is 64.5 cm³/mol. The number of nitriles is 1. The summed E-state index contributed by atoms with van der Waals surface area (Å²) in [5.41, 5.74) is 6.02. The highest BCUT2D eigenvalue weighted by Gasteiger charge is 2.01. The van der Waals surface area contributed by atoms with Crippen molar-refractivity contribution < 1.29 is 9.53 Å². The zero-order valence-corrected chi connectivity index (χ0v) is 9.48. The molecule has 3 N–H and O–H groups in total. The van der Waals surface area contributed by atoms with Crippen LogP contribution in [-0.2, 0) is 4.79 Å². The van der Waals surface area contributed by atoms with Crippen LogP contribution in [0.15, 0.2) is 24.3 Å². The number of hydrogen-bond donors (Lipinski definition) is 2. The molecule has 0 radical (unpaired) electrons. The molecule has 5 nitrogen and oxygen atoms in total.